The highest BCUT2D eigenvalue weighted by Crippen LogP contribution is 2.28. The predicted molar refractivity (Wildman–Crippen MR) is 93.5 cm³/mol. The molecule has 1 unspecified atom stereocenters. The number of thioether (sulfide) groups is 1. The van der Waals surface area contributed by atoms with Crippen molar-refractivity contribution in [3.8, 4) is 0 Å². The molecule has 0 saturated heterocycles. The van der Waals surface area contributed by atoms with Crippen LogP contribution in [0.15, 0.2) is 70.3 Å². The van der Waals surface area contributed by atoms with Crippen LogP contribution in [0.4, 0.5) is 0 Å². The highest BCUT2D eigenvalue weighted by Gasteiger charge is 2.10. The molecule has 0 fully saturated rings. The molecule has 0 aliphatic carbocycles. The number of halogens is 1. The first-order valence-corrected chi connectivity index (χ1v) is 8.48. The maximum Gasteiger partial charge on any atom is 0.0411 e. The molecule has 0 amide bonds. The Bertz CT molecular complexity index is 738. The number of hydrogen-bond donors (Lipinski definition) is 1. The largest absolute Gasteiger partial charge is 0.323 e. The minimum atomic E-state index is -0.0303. The SMILES string of the molecule is NC(CSc1ccc(Br)cc1)c1cncc2ccccc12. The van der Waals surface area contributed by atoms with Crippen LogP contribution in [0.5, 0.6) is 0 Å². The van der Waals surface area contributed by atoms with Gasteiger partial charge in [0.2, 0.25) is 0 Å². The normalized spacial score (nSPS) is 12.5. The van der Waals surface area contributed by atoms with Gasteiger partial charge < -0.3 is 5.73 Å². The Kier molecular flexibility index (Phi) is 4.58. The van der Waals surface area contributed by atoms with Crippen LogP contribution < -0.4 is 5.73 Å². The van der Waals surface area contributed by atoms with Crippen molar-refractivity contribution in [3.05, 3.63) is 71.0 Å². The Morgan fingerprint density at radius 3 is 2.62 bits per heavy atom. The second kappa shape index (κ2) is 6.60. The molecule has 21 heavy (non-hydrogen) atoms. The number of nitrogens with zero attached hydrogens (tertiary/aromatic N) is 1. The van der Waals surface area contributed by atoms with Crippen molar-refractivity contribution in [1.82, 2.24) is 4.98 Å². The summed E-state index contributed by atoms with van der Waals surface area (Å²) in [7, 11) is 0. The molecule has 0 aliphatic rings. The summed E-state index contributed by atoms with van der Waals surface area (Å²) in [6, 6.07) is 16.5. The minimum Gasteiger partial charge on any atom is -0.323 e. The van der Waals surface area contributed by atoms with Gasteiger partial charge in [0.15, 0.2) is 0 Å². The van der Waals surface area contributed by atoms with E-state index in [1.165, 1.54) is 10.3 Å². The van der Waals surface area contributed by atoms with Gasteiger partial charge in [-0.05, 0) is 35.2 Å². The van der Waals surface area contributed by atoms with Crippen molar-refractivity contribution in [2.75, 3.05) is 5.75 Å². The lowest BCUT2D eigenvalue weighted by molar-refractivity contribution is 0.834. The number of pyridine rings is 1. The zero-order chi connectivity index (χ0) is 14.7. The third kappa shape index (κ3) is 3.46. The number of benzene rings is 2. The van der Waals surface area contributed by atoms with Crippen molar-refractivity contribution in [1.29, 1.82) is 0 Å². The van der Waals surface area contributed by atoms with Gasteiger partial charge in [0, 0.05) is 38.9 Å². The van der Waals surface area contributed by atoms with Crippen LogP contribution in [0.1, 0.15) is 11.6 Å². The van der Waals surface area contributed by atoms with Gasteiger partial charge in [-0.15, -0.1) is 11.8 Å². The fraction of sp³-hybridized carbons (Fsp3) is 0.118. The van der Waals surface area contributed by atoms with Crippen molar-refractivity contribution < 1.29 is 0 Å². The molecule has 0 saturated carbocycles. The van der Waals surface area contributed by atoms with E-state index in [4.69, 9.17) is 5.73 Å². The van der Waals surface area contributed by atoms with Crippen LogP contribution >= 0.6 is 27.7 Å². The van der Waals surface area contributed by atoms with Gasteiger partial charge in [0.05, 0.1) is 0 Å². The molecule has 0 radical (unpaired) electrons. The van der Waals surface area contributed by atoms with E-state index in [2.05, 4.69) is 45.2 Å². The minimum absolute atomic E-state index is 0.0303. The summed E-state index contributed by atoms with van der Waals surface area (Å²) >= 11 is 5.21. The maximum atomic E-state index is 6.37. The van der Waals surface area contributed by atoms with E-state index in [0.29, 0.717) is 0 Å². The Morgan fingerprint density at radius 1 is 1.05 bits per heavy atom. The summed E-state index contributed by atoms with van der Waals surface area (Å²) in [5.41, 5.74) is 7.48. The quantitative estimate of drug-likeness (QED) is 0.681. The molecule has 106 valence electrons. The summed E-state index contributed by atoms with van der Waals surface area (Å²) in [6.07, 6.45) is 3.77. The molecule has 1 aromatic heterocycles. The van der Waals surface area contributed by atoms with Crippen LogP contribution in [-0.4, -0.2) is 10.7 Å². The van der Waals surface area contributed by atoms with Crippen molar-refractivity contribution in [2.24, 2.45) is 5.73 Å². The molecule has 1 heterocycles. The van der Waals surface area contributed by atoms with Crippen LogP contribution in [0, 0.1) is 0 Å². The molecular weight excluding hydrogens is 344 g/mol. The van der Waals surface area contributed by atoms with Crippen LogP contribution in [0.25, 0.3) is 10.8 Å². The van der Waals surface area contributed by atoms with Crippen LogP contribution in [0.2, 0.25) is 0 Å². The first-order chi connectivity index (χ1) is 10.2. The second-order valence-corrected chi connectivity index (χ2v) is 6.83. The van der Waals surface area contributed by atoms with Crippen molar-refractivity contribution in [3.63, 3.8) is 0 Å². The number of hydrogen-bond acceptors (Lipinski definition) is 3. The molecule has 2 nitrogen and oxygen atoms in total. The first kappa shape index (κ1) is 14.6. The molecule has 3 rings (SSSR count). The predicted octanol–water partition coefficient (Wildman–Crippen LogP) is 4.79. The summed E-state index contributed by atoms with van der Waals surface area (Å²) < 4.78 is 1.09. The van der Waals surface area contributed by atoms with E-state index in [9.17, 15) is 0 Å². The monoisotopic (exact) mass is 358 g/mol. The molecule has 2 N–H and O–H groups in total. The summed E-state index contributed by atoms with van der Waals surface area (Å²) in [4.78, 5) is 5.53. The molecule has 2 aromatic carbocycles. The van der Waals surface area contributed by atoms with Crippen LogP contribution in [0.3, 0.4) is 0 Å². The highest BCUT2D eigenvalue weighted by molar-refractivity contribution is 9.10. The van der Waals surface area contributed by atoms with E-state index in [1.807, 2.05) is 36.7 Å². The van der Waals surface area contributed by atoms with E-state index in [0.717, 1.165) is 21.2 Å². The zero-order valence-corrected chi connectivity index (χ0v) is 13.8. The highest BCUT2D eigenvalue weighted by atomic mass is 79.9. The second-order valence-electron chi connectivity index (χ2n) is 4.82. The third-order valence-corrected chi connectivity index (χ3v) is 5.00. The van der Waals surface area contributed by atoms with Gasteiger partial charge in [-0.1, -0.05) is 40.2 Å². The fourth-order valence-electron chi connectivity index (χ4n) is 2.24. The van der Waals surface area contributed by atoms with Crippen molar-refractivity contribution in [2.45, 2.75) is 10.9 Å². The van der Waals surface area contributed by atoms with Gasteiger partial charge >= 0.3 is 0 Å². The van der Waals surface area contributed by atoms with E-state index < -0.39 is 0 Å². The molecule has 1 atom stereocenters. The van der Waals surface area contributed by atoms with E-state index >= 15 is 0 Å². The maximum absolute atomic E-state index is 6.37. The Hall–Kier alpha value is -1.36. The molecule has 4 heteroatoms. The third-order valence-electron chi connectivity index (χ3n) is 3.34. The average molecular weight is 359 g/mol. The smallest absolute Gasteiger partial charge is 0.0411 e. The summed E-state index contributed by atoms with van der Waals surface area (Å²) in [5, 5.41) is 2.33. The number of nitrogens with two attached hydrogens (primary N) is 1. The number of aromatic nitrogens is 1. The van der Waals surface area contributed by atoms with Crippen molar-refractivity contribution >= 4 is 38.5 Å². The van der Waals surface area contributed by atoms with Gasteiger partial charge in [0.1, 0.15) is 0 Å². The van der Waals surface area contributed by atoms with E-state index in [1.54, 1.807) is 11.8 Å². The van der Waals surface area contributed by atoms with Crippen LogP contribution in [-0.2, 0) is 0 Å². The molecule has 0 aliphatic heterocycles. The molecule has 3 aromatic rings. The number of fused-ring (bicyclic) bond motifs is 1. The summed E-state index contributed by atoms with van der Waals surface area (Å²) in [5.74, 6) is 0.831. The lowest BCUT2D eigenvalue weighted by Gasteiger charge is -2.14. The molecule has 0 spiro atoms. The van der Waals surface area contributed by atoms with Gasteiger partial charge in [-0.25, -0.2) is 0 Å². The molecular formula is C17H15BrN2S. The molecule has 0 bridgehead atoms. The van der Waals surface area contributed by atoms with Gasteiger partial charge in [0.25, 0.3) is 0 Å². The number of rotatable bonds is 4. The van der Waals surface area contributed by atoms with Gasteiger partial charge in [-0.3, -0.25) is 4.98 Å². The Morgan fingerprint density at radius 2 is 1.81 bits per heavy atom. The Balaban J connectivity index is 1.78. The lowest BCUT2D eigenvalue weighted by Crippen LogP contribution is -2.13. The topological polar surface area (TPSA) is 38.9 Å². The summed E-state index contributed by atoms with van der Waals surface area (Å²) in [6.45, 7) is 0. The standard InChI is InChI=1S/C17H15BrN2S/c18-13-5-7-14(8-6-13)21-11-17(19)16-10-20-9-12-3-1-2-4-15(12)16/h1-10,17H,11,19H2. The zero-order valence-electron chi connectivity index (χ0n) is 11.4. The van der Waals surface area contributed by atoms with E-state index in [-0.39, 0.29) is 6.04 Å². The van der Waals surface area contributed by atoms with Gasteiger partial charge in [-0.2, -0.15) is 0 Å². The Labute approximate surface area is 136 Å². The first-order valence-electron chi connectivity index (χ1n) is 6.70. The lowest BCUT2D eigenvalue weighted by atomic mass is 10.0. The fourth-order valence-corrected chi connectivity index (χ4v) is 3.39. The average Bonchev–Trinajstić information content (AvgIpc) is 2.53.